The van der Waals surface area contributed by atoms with Crippen molar-refractivity contribution in [1.29, 1.82) is 0 Å². The average molecular weight is 417 g/mol. The maximum atomic E-state index is 12.6. The topological polar surface area (TPSA) is 131 Å². The summed E-state index contributed by atoms with van der Waals surface area (Å²) in [4.78, 5) is 24.7. The van der Waals surface area contributed by atoms with Crippen LogP contribution in [0.1, 0.15) is 66.2 Å². The monoisotopic (exact) mass is 416 g/mol. The van der Waals surface area contributed by atoms with Crippen molar-refractivity contribution in [3.63, 3.8) is 0 Å². The third-order valence-corrected chi connectivity index (χ3v) is 5.28. The summed E-state index contributed by atoms with van der Waals surface area (Å²) in [5.41, 5.74) is -1.04. The number of hydrogen-bond donors (Lipinski definition) is 5. The first-order valence-corrected chi connectivity index (χ1v) is 10.8. The molecular formula is C21H40N2O6. The predicted molar refractivity (Wildman–Crippen MR) is 110 cm³/mol. The Morgan fingerprint density at radius 2 is 1.69 bits per heavy atom. The molecule has 1 aliphatic heterocycles. The number of nitrogens with one attached hydrogen (secondary N) is 2. The van der Waals surface area contributed by atoms with Crippen molar-refractivity contribution < 1.29 is 29.6 Å². The zero-order valence-corrected chi connectivity index (χ0v) is 18.3. The molecule has 1 fully saturated rings. The van der Waals surface area contributed by atoms with Crippen LogP contribution in [0.25, 0.3) is 0 Å². The Balaban J connectivity index is 2.54. The normalized spacial score (nSPS) is 21.7. The number of unbranched alkanes of at least 4 members (excludes halogenated alkanes) is 2. The molecule has 29 heavy (non-hydrogen) atoms. The summed E-state index contributed by atoms with van der Waals surface area (Å²) in [6.45, 7) is 7.60. The molecule has 5 N–H and O–H groups in total. The van der Waals surface area contributed by atoms with Crippen LogP contribution >= 0.6 is 0 Å². The van der Waals surface area contributed by atoms with E-state index in [2.05, 4.69) is 24.5 Å². The number of carbonyl (C=O) groups excluding carboxylic acids is 2. The quantitative estimate of drug-likeness (QED) is 0.197. The summed E-state index contributed by atoms with van der Waals surface area (Å²) in [6.07, 6.45) is 3.59. The van der Waals surface area contributed by atoms with E-state index >= 15 is 0 Å². The molecule has 0 aromatic heterocycles. The number of rotatable bonds is 15. The smallest absolute Gasteiger partial charge is 0.245 e. The molecule has 1 rings (SSSR count). The van der Waals surface area contributed by atoms with Crippen molar-refractivity contribution >= 4 is 11.8 Å². The second kappa shape index (κ2) is 12.5. The molecule has 1 aliphatic rings. The van der Waals surface area contributed by atoms with Gasteiger partial charge in [0, 0.05) is 6.42 Å². The molecule has 1 saturated heterocycles. The zero-order valence-electron chi connectivity index (χ0n) is 18.3. The zero-order chi connectivity index (χ0) is 22.0. The Morgan fingerprint density at radius 1 is 1.03 bits per heavy atom. The molecule has 0 aliphatic carbocycles. The fourth-order valence-corrected chi connectivity index (χ4v) is 3.35. The maximum absolute atomic E-state index is 12.6. The molecule has 0 aromatic carbocycles. The lowest BCUT2D eigenvalue weighted by Crippen LogP contribution is -2.57. The minimum atomic E-state index is -1.08. The van der Waals surface area contributed by atoms with Gasteiger partial charge >= 0.3 is 0 Å². The van der Waals surface area contributed by atoms with Gasteiger partial charge in [-0.15, -0.1) is 0 Å². The summed E-state index contributed by atoms with van der Waals surface area (Å²) in [5.74, 6) is -0.00922. The largest absolute Gasteiger partial charge is 0.394 e. The van der Waals surface area contributed by atoms with E-state index < -0.39 is 36.3 Å². The molecule has 0 bridgehead atoms. The molecule has 1 heterocycles. The first kappa shape index (κ1) is 25.8. The Labute approximate surface area is 174 Å². The molecule has 4 atom stereocenters. The van der Waals surface area contributed by atoms with Crippen LogP contribution in [0.2, 0.25) is 0 Å². The lowest BCUT2D eigenvalue weighted by atomic mass is 9.91. The van der Waals surface area contributed by atoms with Gasteiger partial charge in [-0.25, -0.2) is 0 Å². The van der Waals surface area contributed by atoms with Crippen LogP contribution in [0.5, 0.6) is 0 Å². The van der Waals surface area contributed by atoms with Gasteiger partial charge in [0.25, 0.3) is 0 Å². The summed E-state index contributed by atoms with van der Waals surface area (Å²) in [6, 6.07) is -1.73. The Hall–Kier alpha value is -1.22. The van der Waals surface area contributed by atoms with Gasteiger partial charge in [-0.3, -0.25) is 9.59 Å². The van der Waals surface area contributed by atoms with E-state index in [4.69, 9.17) is 4.74 Å². The SMILES string of the molecule is CC(C)CCCCCC(=O)N[C@@H](CO)C(=O)N[C@@H](CC(C)C)[C@@H](O)[C@@]1(CO)CO1. The van der Waals surface area contributed by atoms with E-state index in [0.29, 0.717) is 18.8 Å². The van der Waals surface area contributed by atoms with E-state index in [1.165, 1.54) is 0 Å². The van der Waals surface area contributed by atoms with Gasteiger partial charge in [-0.2, -0.15) is 0 Å². The standard InChI is InChI=1S/C21H40N2O6/c1-14(2)8-6-5-7-9-18(26)22-17(11-24)20(28)23-16(10-15(3)4)19(27)21(12-25)13-29-21/h14-17,19,24-25,27H,5-13H2,1-4H3,(H,22,26)(H,23,28)/t16-,17-,19+,21+/m0/s1. The van der Waals surface area contributed by atoms with Crippen LogP contribution in [-0.2, 0) is 14.3 Å². The van der Waals surface area contributed by atoms with E-state index in [-0.39, 0.29) is 25.0 Å². The van der Waals surface area contributed by atoms with Crippen molar-refractivity contribution in [3.05, 3.63) is 0 Å². The van der Waals surface area contributed by atoms with Crippen molar-refractivity contribution in [2.75, 3.05) is 19.8 Å². The first-order chi connectivity index (χ1) is 13.6. The molecule has 0 saturated carbocycles. The summed E-state index contributed by atoms with van der Waals surface area (Å²) >= 11 is 0. The minimum Gasteiger partial charge on any atom is -0.394 e. The van der Waals surface area contributed by atoms with Crippen LogP contribution < -0.4 is 10.6 Å². The van der Waals surface area contributed by atoms with Gasteiger partial charge in [0.05, 0.1) is 25.9 Å². The highest BCUT2D eigenvalue weighted by molar-refractivity contribution is 5.87. The molecular weight excluding hydrogens is 376 g/mol. The molecule has 0 radical (unpaired) electrons. The van der Waals surface area contributed by atoms with E-state index in [9.17, 15) is 24.9 Å². The third-order valence-electron chi connectivity index (χ3n) is 5.28. The van der Waals surface area contributed by atoms with Crippen LogP contribution in [0.3, 0.4) is 0 Å². The highest BCUT2D eigenvalue weighted by Crippen LogP contribution is 2.33. The molecule has 170 valence electrons. The van der Waals surface area contributed by atoms with Gasteiger partial charge < -0.3 is 30.7 Å². The molecule has 0 unspecified atom stereocenters. The van der Waals surface area contributed by atoms with E-state index in [0.717, 1.165) is 25.7 Å². The number of ether oxygens (including phenoxy) is 1. The molecule has 8 heteroatoms. The van der Waals surface area contributed by atoms with Gasteiger partial charge in [-0.05, 0) is 24.7 Å². The Kier molecular flexibility index (Phi) is 11.1. The number of aliphatic hydroxyl groups excluding tert-OH is 3. The van der Waals surface area contributed by atoms with Crippen molar-refractivity contribution in [2.24, 2.45) is 11.8 Å². The second-order valence-corrected chi connectivity index (χ2v) is 9.00. The number of amides is 2. The Morgan fingerprint density at radius 3 is 2.17 bits per heavy atom. The maximum Gasteiger partial charge on any atom is 0.245 e. The first-order valence-electron chi connectivity index (χ1n) is 10.8. The van der Waals surface area contributed by atoms with Crippen molar-refractivity contribution in [1.82, 2.24) is 10.6 Å². The molecule has 2 amide bonds. The number of aliphatic hydroxyl groups is 3. The van der Waals surface area contributed by atoms with Gasteiger partial charge in [0.15, 0.2) is 0 Å². The van der Waals surface area contributed by atoms with Gasteiger partial charge in [0.1, 0.15) is 17.7 Å². The van der Waals surface area contributed by atoms with E-state index in [1.54, 1.807) is 0 Å². The minimum absolute atomic E-state index is 0.178. The van der Waals surface area contributed by atoms with E-state index in [1.807, 2.05) is 13.8 Å². The molecule has 0 aromatic rings. The average Bonchev–Trinajstić information content (AvgIpc) is 3.45. The predicted octanol–water partition coefficient (Wildman–Crippen LogP) is 0.723. The summed E-state index contributed by atoms with van der Waals surface area (Å²) < 4.78 is 5.21. The number of hydrogen-bond acceptors (Lipinski definition) is 6. The molecule has 8 nitrogen and oxygen atoms in total. The Bertz CT molecular complexity index is 507. The number of carbonyl (C=O) groups is 2. The lowest BCUT2D eigenvalue weighted by molar-refractivity contribution is -0.131. The molecule has 0 spiro atoms. The van der Waals surface area contributed by atoms with Gasteiger partial charge in [-0.1, -0.05) is 47.0 Å². The lowest BCUT2D eigenvalue weighted by Gasteiger charge is -2.30. The van der Waals surface area contributed by atoms with Crippen LogP contribution in [0, 0.1) is 11.8 Å². The highest BCUT2D eigenvalue weighted by Gasteiger charge is 2.54. The third kappa shape index (κ3) is 8.99. The second-order valence-electron chi connectivity index (χ2n) is 9.00. The number of epoxide rings is 1. The fourth-order valence-electron chi connectivity index (χ4n) is 3.35. The van der Waals surface area contributed by atoms with Crippen LogP contribution in [-0.4, -0.2) is 70.7 Å². The van der Waals surface area contributed by atoms with Crippen LogP contribution in [0.4, 0.5) is 0 Å². The van der Waals surface area contributed by atoms with Crippen LogP contribution in [0.15, 0.2) is 0 Å². The summed E-state index contributed by atoms with van der Waals surface area (Å²) in [7, 11) is 0. The van der Waals surface area contributed by atoms with Crippen molar-refractivity contribution in [2.45, 2.75) is 90.0 Å². The van der Waals surface area contributed by atoms with Crippen molar-refractivity contribution in [3.8, 4) is 0 Å². The summed E-state index contributed by atoms with van der Waals surface area (Å²) in [5, 5.41) is 34.9. The van der Waals surface area contributed by atoms with Gasteiger partial charge in [0.2, 0.25) is 11.8 Å². The highest BCUT2D eigenvalue weighted by atomic mass is 16.6. The fraction of sp³-hybridized carbons (Fsp3) is 0.905.